The number of nitrogens with zero attached hydrogens (tertiary/aromatic N) is 1. The molecule has 3 nitrogen and oxygen atoms in total. The number of nitrogens with one attached hydrogen (secondary N) is 1. The number of rotatable bonds is 10. The van der Waals surface area contributed by atoms with Crippen molar-refractivity contribution in [1.29, 1.82) is 0 Å². The van der Waals surface area contributed by atoms with E-state index in [2.05, 4.69) is 115 Å². The van der Waals surface area contributed by atoms with E-state index in [1.807, 2.05) is 0 Å². The van der Waals surface area contributed by atoms with Gasteiger partial charge in [0.05, 0.1) is 5.54 Å². The number of hydrogen-bond acceptors (Lipinski definition) is 3. The second-order valence-corrected chi connectivity index (χ2v) is 7.82. The van der Waals surface area contributed by atoms with Crippen LogP contribution in [-0.4, -0.2) is 43.3 Å². The fraction of sp³-hybridized carbons (Fsp3) is 0.308. The molecule has 3 rings (SSSR count). The van der Waals surface area contributed by atoms with Crippen LogP contribution >= 0.6 is 0 Å². The summed E-state index contributed by atoms with van der Waals surface area (Å²) in [5, 5.41) is 13.5. The maximum Gasteiger partial charge on any atom is 0.0950 e. The summed E-state index contributed by atoms with van der Waals surface area (Å²) in [4.78, 5) is 2.21. The minimum absolute atomic E-state index is 0.209. The Balaban J connectivity index is 2.18. The van der Waals surface area contributed by atoms with Crippen molar-refractivity contribution >= 4 is 0 Å². The molecule has 3 aromatic rings. The Hall–Kier alpha value is -2.46. The quantitative estimate of drug-likeness (QED) is 0.509. The smallest absolute Gasteiger partial charge is 0.0950 e. The molecule has 0 spiro atoms. The Morgan fingerprint density at radius 1 is 0.759 bits per heavy atom. The summed E-state index contributed by atoms with van der Waals surface area (Å²) in [6, 6.07) is 32.2. The van der Waals surface area contributed by atoms with Gasteiger partial charge in [0.25, 0.3) is 0 Å². The molecule has 0 bridgehead atoms. The van der Waals surface area contributed by atoms with Gasteiger partial charge in [0.2, 0.25) is 0 Å². The predicted octanol–water partition coefficient (Wildman–Crippen LogP) is 4.27. The van der Waals surface area contributed by atoms with Crippen molar-refractivity contribution in [2.75, 3.05) is 27.2 Å². The molecule has 0 aliphatic carbocycles. The van der Waals surface area contributed by atoms with Crippen molar-refractivity contribution in [3.8, 4) is 0 Å². The lowest BCUT2D eigenvalue weighted by molar-refractivity contribution is 0.245. The maximum atomic E-state index is 9.46. The molecule has 0 saturated carbocycles. The standard InChI is InChI=1S/C26H32N2O/c1-28(2)21-25(19-12-20-29)27-26(22-13-6-3-7-14-22,23-15-8-4-9-16-23)24-17-10-5-11-18-24/h3-11,13-18,25,27,29H,12,19-21H2,1-2H3/t25-/m0/s1. The summed E-state index contributed by atoms with van der Waals surface area (Å²) in [6.45, 7) is 1.11. The van der Waals surface area contributed by atoms with Crippen molar-refractivity contribution in [3.05, 3.63) is 108 Å². The van der Waals surface area contributed by atoms with Gasteiger partial charge in [0.1, 0.15) is 0 Å². The summed E-state index contributed by atoms with van der Waals surface area (Å²) in [7, 11) is 4.20. The Kier molecular flexibility index (Phi) is 7.59. The number of likely N-dealkylation sites (N-methyl/N-ethyl adjacent to an activating group) is 1. The molecule has 1 atom stereocenters. The molecule has 0 heterocycles. The second kappa shape index (κ2) is 10.4. The van der Waals surface area contributed by atoms with E-state index >= 15 is 0 Å². The summed E-state index contributed by atoms with van der Waals surface area (Å²) in [5.41, 5.74) is 3.17. The number of aliphatic hydroxyl groups excluding tert-OH is 1. The van der Waals surface area contributed by atoms with Gasteiger partial charge >= 0.3 is 0 Å². The van der Waals surface area contributed by atoms with Gasteiger partial charge in [0.15, 0.2) is 0 Å². The number of benzene rings is 3. The normalized spacial score (nSPS) is 12.8. The largest absolute Gasteiger partial charge is 0.396 e. The number of hydrogen-bond donors (Lipinski definition) is 2. The zero-order chi connectivity index (χ0) is 20.5. The van der Waals surface area contributed by atoms with Crippen LogP contribution in [0.1, 0.15) is 29.5 Å². The summed E-state index contributed by atoms with van der Waals surface area (Å²) in [6.07, 6.45) is 1.68. The molecule has 152 valence electrons. The highest BCUT2D eigenvalue weighted by molar-refractivity contribution is 5.49. The Bertz CT molecular complexity index is 738. The topological polar surface area (TPSA) is 35.5 Å². The van der Waals surface area contributed by atoms with Crippen LogP contribution in [-0.2, 0) is 5.54 Å². The lowest BCUT2D eigenvalue weighted by atomic mass is 9.76. The molecular formula is C26H32N2O. The molecular weight excluding hydrogens is 356 g/mol. The highest BCUT2D eigenvalue weighted by Crippen LogP contribution is 2.37. The summed E-state index contributed by atoms with van der Waals surface area (Å²) < 4.78 is 0. The molecule has 29 heavy (non-hydrogen) atoms. The fourth-order valence-electron chi connectivity index (χ4n) is 4.11. The average molecular weight is 389 g/mol. The van der Waals surface area contributed by atoms with E-state index < -0.39 is 5.54 Å². The maximum absolute atomic E-state index is 9.46. The first-order chi connectivity index (χ1) is 14.2. The number of aliphatic hydroxyl groups is 1. The van der Waals surface area contributed by atoms with Crippen LogP contribution in [0.25, 0.3) is 0 Å². The van der Waals surface area contributed by atoms with E-state index in [0.717, 1.165) is 19.4 Å². The van der Waals surface area contributed by atoms with Gasteiger partial charge in [-0.05, 0) is 43.6 Å². The molecule has 0 fully saturated rings. The first-order valence-corrected chi connectivity index (χ1v) is 10.4. The van der Waals surface area contributed by atoms with Gasteiger partial charge < -0.3 is 10.0 Å². The van der Waals surface area contributed by atoms with Crippen LogP contribution in [0.15, 0.2) is 91.0 Å². The molecule has 0 amide bonds. The van der Waals surface area contributed by atoms with Crippen molar-refractivity contribution < 1.29 is 5.11 Å². The monoisotopic (exact) mass is 388 g/mol. The van der Waals surface area contributed by atoms with E-state index in [4.69, 9.17) is 0 Å². The lowest BCUT2D eigenvalue weighted by Crippen LogP contribution is -2.52. The Morgan fingerprint density at radius 2 is 1.17 bits per heavy atom. The first kappa shape index (κ1) is 21.3. The zero-order valence-electron chi connectivity index (χ0n) is 17.5. The molecule has 0 aromatic heterocycles. The Morgan fingerprint density at radius 3 is 1.52 bits per heavy atom. The van der Waals surface area contributed by atoms with Crippen LogP contribution in [0.4, 0.5) is 0 Å². The first-order valence-electron chi connectivity index (χ1n) is 10.4. The Labute approximate surface area is 175 Å². The highest BCUT2D eigenvalue weighted by atomic mass is 16.2. The molecule has 2 N–H and O–H groups in total. The third kappa shape index (κ3) is 5.13. The molecule has 3 aromatic carbocycles. The summed E-state index contributed by atoms with van der Waals surface area (Å²) >= 11 is 0. The van der Waals surface area contributed by atoms with Crippen LogP contribution in [0, 0.1) is 0 Å². The van der Waals surface area contributed by atoms with Gasteiger partial charge in [-0.15, -0.1) is 0 Å². The highest BCUT2D eigenvalue weighted by Gasteiger charge is 2.37. The molecule has 0 radical (unpaired) electrons. The van der Waals surface area contributed by atoms with Gasteiger partial charge in [-0.2, -0.15) is 0 Å². The zero-order valence-corrected chi connectivity index (χ0v) is 17.5. The van der Waals surface area contributed by atoms with Crippen LogP contribution in [0.5, 0.6) is 0 Å². The fourth-order valence-corrected chi connectivity index (χ4v) is 4.11. The van der Waals surface area contributed by atoms with Crippen LogP contribution < -0.4 is 5.32 Å². The second-order valence-electron chi connectivity index (χ2n) is 7.82. The van der Waals surface area contributed by atoms with Gasteiger partial charge in [-0.1, -0.05) is 91.0 Å². The molecule has 0 aliphatic heterocycles. The van der Waals surface area contributed by atoms with Gasteiger partial charge in [-0.25, -0.2) is 0 Å². The summed E-state index contributed by atoms with van der Waals surface area (Å²) in [5.74, 6) is 0. The average Bonchev–Trinajstić information content (AvgIpc) is 2.77. The van der Waals surface area contributed by atoms with E-state index in [-0.39, 0.29) is 12.6 Å². The van der Waals surface area contributed by atoms with E-state index in [9.17, 15) is 5.11 Å². The lowest BCUT2D eigenvalue weighted by Gasteiger charge is -2.41. The van der Waals surface area contributed by atoms with Gasteiger partial charge in [-0.3, -0.25) is 5.32 Å². The van der Waals surface area contributed by atoms with Crippen molar-refractivity contribution in [2.24, 2.45) is 0 Å². The minimum Gasteiger partial charge on any atom is -0.396 e. The van der Waals surface area contributed by atoms with Crippen molar-refractivity contribution in [1.82, 2.24) is 10.2 Å². The van der Waals surface area contributed by atoms with Crippen molar-refractivity contribution in [3.63, 3.8) is 0 Å². The van der Waals surface area contributed by atoms with E-state index in [1.165, 1.54) is 16.7 Å². The predicted molar refractivity (Wildman–Crippen MR) is 121 cm³/mol. The SMILES string of the molecule is CN(C)C[C@H](CCCO)NC(c1ccccc1)(c1ccccc1)c1ccccc1. The third-order valence-electron chi connectivity index (χ3n) is 5.34. The third-order valence-corrected chi connectivity index (χ3v) is 5.34. The van der Waals surface area contributed by atoms with E-state index in [0.29, 0.717) is 0 Å². The van der Waals surface area contributed by atoms with E-state index in [1.54, 1.807) is 0 Å². The molecule has 0 aliphatic rings. The van der Waals surface area contributed by atoms with Gasteiger partial charge in [0, 0.05) is 19.2 Å². The molecule has 0 saturated heterocycles. The minimum atomic E-state index is -0.472. The van der Waals surface area contributed by atoms with Crippen molar-refractivity contribution in [2.45, 2.75) is 24.4 Å². The molecule has 0 unspecified atom stereocenters. The van der Waals surface area contributed by atoms with Crippen LogP contribution in [0.2, 0.25) is 0 Å². The molecule has 3 heteroatoms. The van der Waals surface area contributed by atoms with Crippen LogP contribution in [0.3, 0.4) is 0 Å².